The van der Waals surface area contributed by atoms with Crippen LogP contribution in [0.2, 0.25) is 0 Å². The molecule has 2 aromatic carbocycles. The first-order chi connectivity index (χ1) is 12.9. The fourth-order valence-electron chi connectivity index (χ4n) is 2.53. The predicted octanol–water partition coefficient (Wildman–Crippen LogP) is 3.33. The minimum Gasteiger partial charge on any atom is -0.481 e. The van der Waals surface area contributed by atoms with Crippen molar-refractivity contribution in [1.82, 2.24) is 4.90 Å². The van der Waals surface area contributed by atoms with E-state index in [9.17, 15) is 9.59 Å². The molecule has 6 nitrogen and oxygen atoms in total. The quantitative estimate of drug-likeness (QED) is 0.816. The Morgan fingerprint density at radius 2 is 1.85 bits per heavy atom. The Morgan fingerprint density at radius 3 is 2.44 bits per heavy atom. The van der Waals surface area contributed by atoms with E-state index in [0.717, 1.165) is 5.56 Å². The van der Waals surface area contributed by atoms with E-state index in [-0.39, 0.29) is 11.8 Å². The van der Waals surface area contributed by atoms with E-state index in [1.807, 2.05) is 31.2 Å². The van der Waals surface area contributed by atoms with Gasteiger partial charge in [0.15, 0.2) is 6.10 Å². The Bertz CT molecular complexity index is 840. The van der Waals surface area contributed by atoms with Gasteiger partial charge in [-0.25, -0.2) is 0 Å². The molecule has 2 aromatic rings. The SMILES string of the molecule is CCN(Cc1ccccc1NC(=O)C(C)Oc1ccc(C#N)cc1)C(C)=O. The highest BCUT2D eigenvalue weighted by Gasteiger charge is 2.17. The monoisotopic (exact) mass is 365 g/mol. The molecule has 2 amide bonds. The van der Waals surface area contributed by atoms with Crippen LogP contribution in [0.4, 0.5) is 5.69 Å². The smallest absolute Gasteiger partial charge is 0.265 e. The average Bonchev–Trinajstić information content (AvgIpc) is 2.67. The number of hydrogen-bond donors (Lipinski definition) is 1. The number of amides is 2. The molecular weight excluding hydrogens is 342 g/mol. The number of para-hydroxylation sites is 1. The van der Waals surface area contributed by atoms with E-state index in [2.05, 4.69) is 5.32 Å². The molecule has 1 N–H and O–H groups in total. The predicted molar refractivity (Wildman–Crippen MR) is 103 cm³/mol. The molecule has 0 heterocycles. The van der Waals surface area contributed by atoms with Crippen molar-refractivity contribution in [3.8, 4) is 11.8 Å². The Hall–Kier alpha value is -3.33. The van der Waals surface area contributed by atoms with E-state index in [0.29, 0.717) is 30.1 Å². The van der Waals surface area contributed by atoms with Crippen molar-refractivity contribution in [2.24, 2.45) is 0 Å². The van der Waals surface area contributed by atoms with Gasteiger partial charge in [0.25, 0.3) is 5.91 Å². The zero-order valence-corrected chi connectivity index (χ0v) is 15.7. The van der Waals surface area contributed by atoms with Crippen LogP contribution < -0.4 is 10.1 Å². The zero-order valence-electron chi connectivity index (χ0n) is 15.7. The molecule has 0 spiro atoms. The molecule has 0 bridgehead atoms. The Morgan fingerprint density at radius 1 is 1.19 bits per heavy atom. The summed E-state index contributed by atoms with van der Waals surface area (Å²) in [5.41, 5.74) is 2.03. The van der Waals surface area contributed by atoms with Crippen LogP contribution in [-0.2, 0) is 16.1 Å². The number of ether oxygens (including phenoxy) is 1. The maximum atomic E-state index is 12.5. The van der Waals surface area contributed by atoms with Crippen LogP contribution in [0, 0.1) is 11.3 Å². The van der Waals surface area contributed by atoms with Crippen LogP contribution in [-0.4, -0.2) is 29.4 Å². The summed E-state index contributed by atoms with van der Waals surface area (Å²) in [6.45, 7) is 6.11. The van der Waals surface area contributed by atoms with E-state index >= 15 is 0 Å². The van der Waals surface area contributed by atoms with E-state index in [1.165, 1.54) is 6.92 Å². The van der Waals surface area contributed by atoms with Crippen molar-refractivity contribution < 1.29 is 14.3 Å². The normalized spacial score (nSPS) is 11.2. The van der Waals surface area contributed by atoms with E-state index in [1.54, 1.807) is 42.2 Å². The van der Waals surface area contributed by atoms with Gasteiger partial charge in [0, 0.05) is 25.7 Å². The second-order valence-electron chi connectivity index (χ2n) is 6.08. The minimum absolute atomic E-state index is 0.0175. The second kappa shape index (κ2) is 9.39. The lowest BCUT2D eigenvalue weighted by atomic mass is 10.1. The number of anilines is 1. The first kappa shape index (κ1) is 20.0. The Balaban J connectivity index is 2.06. The molecule has 140 valence electrons. The highest BCUT2D eigenvalue weighted by atomic mass is 16.5. The molecule has 0 saturated heterocycles. The lowest BCUT2D eigenvalue weighted by Gasteiger charge is -2.21. The van der Waals surface area contributed by atoms with Crippen molar-refractivity contribution in [2.45, 2.75) is 33.4 Å². The third-order valence-corrected chi connectivity index (χ3v) is 4.13. The van der Waals surface area contributed by atoms with Crippen molar-refractivity contribution in [3.63, 3.8) is 0 Å². The van der Waals surface area contributed by atoms with Crippen LogP contribution in [0.3, 0.4) is 0 Å². The van der Waals surface area contributed by atoms with Gasteiger partial charge in [0.1, 0.15) is 5.75 Å². The van der Waals surface area contributed by atoms with Gasteiger partial charge in [-0.1, -0.05) is 18.2 Å². The van der Waals surface area contributed by atoms with E-state index in [4.69, 9.17) is 10.00 Å². The fraction of sp³-hybridized carbons (Fsp3) is 0.286. The topological polar surface area (TPSA) is 82.4 Å². The first-order valence-electron chi connectivity index (χ1n) is 8.75. The Kier molecular flexibility index (Phi) is 6.95. The third kappa shape index (κ3) is 5.58. The number of rotatable bonds is 7. The highest BCUT2D eigenvalue weighted by Crippen LogP contribution is 2.19. The van der Waals surface area contributed by atoms with Crippen molar-refractivity contribution in [1.29, 1.82) is 5.26 Å². The molecule has 0 saturated carbocycles. The van der Waals surface area contributed by atoms with Gasteiger partial charge in [0.2, 0.25) is 5.91 Å². The molecule has 0 fully saturated rings. The second-order valence-corrected chi connectivity index (χ2v) is 6.08. The zero-order chi connectivity index (χ0) is 19.8. The summed E-state index contributed by atoms with van der Waals surface area (Å²) in [6, 6.07) is 16.0. The number of benzene rings is 2. The molecular formula is C21H23N3O3. The van der Waals surface area contributed by atoms with E-state index < -0.39 is 6.10 Å². The lowest BCUT2D eigenvalue weighted by molar-refractivity contribution is -0.129. The van der Waals surface area contributed by atoms with Crippen molar-refractivity contribution in [3.05, 3.63) is 59.7 Å². The summed E-state index contributed by atoms with van der Waals surface area (Å²) in [4.78, 5) is 25.9. The number of nitrogens with zero attached hydrogens (tertiary/aromatic N) is 2. The summed E-state index contributed by atoms with van der Waals surface area (Å²) in [5, 5.41) is 11.7. The number of nitrogens with one attached hydrogen (secondary N) is 1. The summed E-state index contributed by atoms with van der Waals surface area (Å²) in [6.07, 6.45) is -0.721. The van der Waals surface area contributed by atoms with Crippen molar-refractivity contribution in [2.75, 3.05) is 11.9 Å². The number of carbonyl (C=O) groups is 2. The molecule has 1 atom stereocenters. The van der Waals surface area contributed by atoms with Crippen molar-refractivity contribution >= 4 is 17.5 Å². The van der Waals surface area contributed by atoms with Gasteiger partial charge < -0.3 is 15.0 Å². The summed E-state index contributed by atoms with van der Waals surface area (Å²) < 4.78 is 5.64. The fourth-order valence-corrected chi connectivity index (χ4v) is 2.53. The lowest BCUT2D eigenvalue weighted by Crippen LogP contribution is -2.31. The van der Waals surface area contributed by atoms with Crippen LogP contribution in [0.25, 0.3) is 0 Å². The standard InChI is InChI=1S/C21H23N3O3/c1-4-24(16(3)25)14-18-7-5-6-8-20(18)23-21(26)15(2)27-19-11-9-17(13-22)10-12-19/h5-12,15H,4,14H2,1-3H3,(H,23,26). The molecule has 27 heavy (non-hydrogen) atoms. The summed E-state index contributed by atoms with van der Waals surface area (Å²) in [5.74, 6) is 0.201. The highest BCUT2D eigenvalue weighted by molar-refractivity contribution is 5.94. The maximum Gasteiger partial charge on any atom is 0.265 e. The number of nitriles is 1. The molecule has 0 aliphatic rings. The van der Waals surface area contributed by atoms with Gasteiger partial charge in [-0.2, -0.15) is 5.26 Å². The van der Waals surface area contributed by atoms with Gasteiger partial charge in [-0.15, -0.1) is 0 Å². The largest absolute Gasteiger partial charge is 0.481 e. The van der Waals surface area contributed by atoms with Gasteiger partial charge in [-0.3, -0.25) is 9.59 Å². The Labute approximate surface area is 159 Å². The van der Waals surface area contributed by atoms with Gasteiger partial charge in [-0.05, 0) is 49.7 Å². The van der Waals surface area contributed by atoms with Gasteiger partial charge in [0.05, 0.1) is 11.6 Å². The summed E-state index contributed by atoms with van der Waals surface area (Å²) in [7, 11) is 0. The molecule has 0 aliphatic carbocycles. The third-order valence-electron chi connectivity index (χ3n) is 4.13. The molecule has 2 rings (SSSR count). The minimum atomic E-state index is -0.721. The maximum absolute atomic E-state index is 12.5. The van der Waals surface area contributed by atoms with Crippen LogP contribution in [0.1, 0.15) is 31.9 Å². The van der Waals surface area contributed by atoms with Crippen LogP contribution in [0.5, 0.6) is 5.75 Å². The summed E-state index contributed by atoms with van der Waals surface area (Å²) >= 11 is 0. The average molecular weight is 365 g/mol. The molecule has 1 unspecified atom stereocenters. The first-order valence-corrected chi connectivity index (χ1v) is 8.75. The number of carbonyl (C=O) groups excluding carboxylic acids is 2. The van der Waals surface area contributed by atoms with Gasteiger partial charge >= 0.3 is 0 Å². The van der Waals surface area contributed by atoms with Crippen LogP contribution in [0.15, 0.2) is 48.5 Å². The molecule has 0 radical (unpaired) electrons. The molecule has 6 heteroatoms. The molecule has 0 aliphatic heterocycles. The van der Waals surface area contributed by atoms with Crippen LogP contribution >= 0.6 is 0 Å². The molecule has 0 aromatic heterocycles. The number of hydrogen-bond acceptors (Lipinski definition) is 4.